The van der Waals surface area contributed by atoms with Gasteiger partial charge in [0.15, 0.2) is 0 Å². The summed E-state index contributed by atoms with van der Waals surface area (Å²) in [4.78, 5) is 13.5. The zero-order chi connectivity index (χ0) is 13.0. The molecule has 17 heavy (non-hydrogen) atoms. The summed E-state index contributed by atoms with van der Waals surface area (Å²) >= 11 is 5.42. The number of nitro groups is 1. The van der Waals surface area contributed by atoms with Crippen molar-refractivity contribution in [2.75, 3.05) is 11.6 Å². The summed E-state index contributed by atoms with van der Waals surface area (Å²) in [5, 5.41) is 29.8. The molecule has 1 aromatic heterocycles. The summed E-state index contributed by atoms with van der Waals surface area (Å²) < 4.78 is 0. The van der Waals surface area contributed by atoms with E-state index in [2.05, 4.69) is 4.98 Å². The lowest BCUT2D eigenvalue weighted by Crippen LogP contribution is -2.20. The third-order valence-electron chi connectivity index (χ3n) is 2.23. The van der Waals surface area contributed by atoms with Crippen molar-refractivity contribution in [3.63, 3.8) is 0 Å². The lowest BCUT2D eigenvalue weighted by molar-refractivity contribution is -0.385. The molecule has 4 N–H and O–H groups in total. The average Bonchev–Trinajstić information content (AvgIpc) is 2.28. The standard InChI is InChI=1S/C9H12ClN3O4/c10-2-1-7(14)8(15)6-3-5(13(16)17)4-12-9(6)11/h3-4,7-8,14-15H,1-2H2,(H2,11,12). The van der Waals surface area contributed by atoms with Crippen LogP contribution >= 0.6 is 11.6 Å². The molecule has 1 heterocycles. The number of nitrogens with zero attached hydrogens (tertiary/aromatic N) is 2. The highest BCUT2D eigenvalue weighted by atomic mass is 35.5. The van der Waals surface area contributed by atoms with Crippen molar-refractivity contribution < 1.29 is 15.1 Å². The van der Waals surface area contributed by atoms with Crippen LogP contribution in [0.3, 0.4) is 0 Å². The second kappa shape index (κ2) is 5.76. The maximum absolute atomic E-state index is 10.5. The summed E-state index contributed by atoms with van der Waals surface area (Å²) in [6.45, 7) is 0. The molecule has 0 aliphatic carbocycles. The van der Waals surface area contributed by atoms with E-state index in [1.807, 2.05) is 0 Å². The Bertz CT molecular complexity index is 415. The summed E-state index contributed by atoms with van der Waals surface area (Å²) in [7, 11) is 0. The zero-order valence-electron chi connectivity index (χ0n) is 8.78. The van der Waals surface area contributed by atoms with Gasteiger partial charge in [0, 0.05) is 17.5 Å². The van der Waals surface area contributed by atoms with Crippen LogP contribution in [-0.2, 0) is 0 Å². The van der Waals surface area contributed by atoms with Crippen LogP contribution in [0.2, 0.25) is 0 Å². The largest absolute Gasteiger partial charge is 0.390 e. The number of aliphatic hydroxyl groups excluding tert-OH is 2. The average molecular weight is 262 g/mol. The second-order valence-electron chi connectivity index (χ2n) is 3.41. The number of aliphatic hydroxyl groups is 2. The lowest BCUT2D eigenvalue weighted by Gasteiger charge is -2.17. The van der Waals surface area contributed by atoms with Crippen LogP contribution in [-0.4, -0.2) is 32.1 Å². The van der Waals surface area contributed by atoms with Gasteiger partial charge < -0.3 is 15.9 Å². The van der Waals surface area contributed by atoms with Gasteiger partial charge in [0.1, 0.15) is 18.1 Å². The monoisotopic (exact) mass is 261 g/mol. The Labute approximate surface area is 102 Å². The SMILES string of the molecule is Nc1ncc([N+](=O)[O-])cc1C(O)C(O)CCCl. The minimum Gasteiger partial charge on any atom is -0.390 e. The number of pyridine rings is 1. The fourth-order valence-corrected chi connectivity index (χ4v) is 1.52. The number of anilines is 1. The molecule has 8 heteroatoms. The Hall–Kier alpha value is -1.44. The maximum Gasteiger partial charge on any atom is 0.288 e. The topological polar surface area (TPSA) is 123 Å². The highest BCUT2D eigenvalue weighted by Crippen LogP contribution is 2.26. The van der Waals surface area contributed by atoms with E-state index >= 15 is 0 Å². The summed E-state index contributed by atoms with van der Waals surface area (Å²) in [6.07, 6.45) is -1.36. The number of hydrogen-bond acceptors (Lipinski definition) is 6. The highest BCUT2D eigenvalue weighted by molar-refractivity contribution is 6.17. The van der Waals surface area contributed by atoms with Gasteiger partial charge in [-0.2, -0.15) is 0 Å². The van der Waals surface area contributed by atoms with Gasteiger partial charge in [0.2, 0.25) is 0 Å². The van der Waals surface area contributed by atoms with E-state index in [0.717, 1.165) is 12.3 Å². The first-order valence-corrected chi connectivity index (χ1v) is 5.32. The van der Waals surface area contributed by atoms with Gasteiger partial charge >= 0.3 is 0 Å². The molecule has 0 bridgehead atoms. The number of nitrogen functional groups attached to an aromatic ring is 1. The van der Waals surface area contributed by atoms with Crippen molar-refractivity contribution in [1.29, 1.82) is 0 Å². The number of hydrogen-bond donors (Lipinski definition) is 3. The molecule has 7 nitrogen and oxygen atoms in total. The van der Waals surface area contributed by atoms with Crippen molar-refractivity contribution in [2.45, 2.75) is 18.6 Å². The fourth-order valence-electron chi connectivity index (χ4n) is 1.29. The molecule has 0 radical (unpaired) electrons. The van der Waals surface area contributed by atoms with Gasteiger partial charge in [-0.05, 0) is 6.42 Å². The van der Waals surface area contributed by atoms with Crippen LogP contribution in [0.25, 0.3) is 0 Å². The van der Waals surface area contributed by atoms with E-state index in [9.17, 15) is 20.3 Å². The molecule has 0 saturated heterocycles. The van der Waals surface area contributed by atoms with E-state index in [4.69, 9.17) is 17.3 Å². The summed E-state index contributed by atoms with van der Waals surface area (Å²) in [5.41, 5.74) is 5.21. The van der Waals surface area contributed by atoms with E-state index < -0.39 is 17.1 Å². The van der Waals surface area contributed by atoms with Crippen molar-refractivity contribution in [3.8, 4) is 0 Å². The minimum absolute atomic E-state index is 0.0248. The molecule has 1 rings (SSSR count). The van der Waals surface area contributed by atoms with Crippen LogP contribution < -0.4 is 5.73 Å². The molecule has 0 aliphatic heterocycles. The highest BCUT2D eigenvalue weighted by Gasteiger charge is 2.23. The van der Waals surface area contributed by atoms with E-state index in [-0.39, 0.29) is 29.4 Å². The van der Waals surface area contributed by atoms with Crippen LogP contribution in [0.15, 0.2) is 12.3 Å². The number of alkyl halides is 1. The fraction of sp³-hybridized carbons (Fsp3) is 0.444. The predicted molar refractivity (Wildman–Crippen MR) is 61.6 cm³/mol. The molecule has 0 amide bonds. The molecule has 0 saturated carbocycles. The zero-order valence-corrected chi connectivity index (χ0v) is 9.54. The molecular weight excluding hydrogens is 250 g/mol. The maximum atomic E-state index is 10.5. The van der Waals surface area contributed by atoms with Crippen LogP contribution in [0.5, 0.6) is 0 Å². The van der Waals surface area contributed by atoms with E-state index in [1.165, 1.54) is 0 Å². The number of aromatic nitrogens is 1. The van der Waals surface area contributed by atoms with Gasteiger partial charge in [-0.15, -0.1) is 11.6 Å². The Morgan fingerprint density at radius 3 is 2.76 bits per heavy atom. The molecule has 94 valence electrons. The first-order chi connectivity index (χ1) is 7.97. The van der Waals surface area contributed by atoms with Crippen molar-refractivity contribution in [1.82, 2.24) is 4.98 Å². The lowest BCUT2D eigenvalue weighted by atomic mass is 10.0. The molecule has 0 aliphatic rings. The smallest absolute Gasteiger partial charge is 0.288 e. The first-order valence-electron chi connectivity index (χ1n) is 4.79. The third kappa shape index (κ3) is 3.26. The normalized spacial score (nSPS) is 14.3. The van der Waals surface area contributed by atoms with E-state index in [1.54, 1.807) is 0 Å². The number of rotatable bonds is 5. The van der Waals surface area contributed by atoms with Crippen molar-refractivity contribution in [2.24, 2.45) is 0 Å². The van der Waals surface area contributed by atoms with Crippen molar-refractivity contribution in [3.05, 3.63) is 27.9 Å². The Morgan fingerprint density at radius 1 is 1.59 bits per heavy atom. The Morgan fingerprint density at radius 2 is 2.24 bits per heavy atom. The second-order valence-corrected chi connectivity index (χ2v) is 3.79. The van der Waals surface area contributed by atoms with Gasteiger partial charge in [-0.3, -0.25) is 10.1 Å². The van der Waals surface area contributed by atoms with Crippen molar-refractivity contribution >= 4 is 23.1 Å². The molecule has 0 spiro atoms. The molecule has 2 atom stereocenters. The van der Waals surface area contributed by atoms with Gasteiger partial charge in [0.05, 0.1) is 11.0 Å². The molecule has 1 aromatic rings. The van der Waals surface area contributed by atoms with Crippen LogP contribution in [0, 0.1) is 10.1 Å². The molecular formula is C9H12ClN3O4. The van der Waals surface area contributed by atoms with Gasteiger partial charge in [-0.1, -0.05) is 0 Å². The number of nitrogens with two attached hydrogens (primary N) is 1. The molecule has 2 unspecified atom stereocenters. The minimum atomic E-state index is -1.35. The third-order valence-corrected chi connectivity index (χ3v) is 2.45. The Balaban J connectivity index is 3.03. The van der Waals surface area contributed by atoms with Gasteiger partial charge in [-0.25, -0.2) is 4.98 Å². The molecule has 0 aromatic carbocycles. The predicted octanol–water partition coefficient (Wildman–Crippen LogP) is 0.595. The summed E-state index contributed by atoms with van der Waals surface area (Å²) in [6, 6.07) is 1.09. The number of halogens is 1. The van der Waals surface area contributed by atoms with Gasteiger partial charge in [0.25, 0.3) is 5.69 Å². The Kier molecular flexibility index (Phi) is 4.62. The molecule has 0 fully saturated rings. The van der Waals surface area contributed by atoms with Crippen LogP contribution in [0.4, 0.5) is 11.5 Å². The first kappa shape index (κ1) is 13.6. The quantitative estimate of drug-likeness (QED) is 0.405. The summed E-state index contributed by atoms with van der Waals surface area (Å²) in [5.74, 6) is 0.0947. The van der Waals surface area contributed by atoms with E-state index in [0.29, 0.717) is 0 Å². The van der Waals surface area contributed by atoms with Crippen LogP contribution in [0.1, 0.15) is 18.1 Å².